The first-order chi connectivity index (χ1) is 10.8. The molecular weight excluding hydrogens is 338 g/mol. The zero-order valence-electron chi connectivity index (χ0n) is 12.7. The molecule has 6 nitrogen and oxygen atoms in total. The minimum Gasteiger partial charge on any atom is -0.416 e. The van der Waals surface area contributed by atoms with Crippen molar-refractivity contribution < 1.29 is 12.8 Å². The van der Waals surface area contributed by atoms with Crippen LogP contribution in [0.25, 0.3) is 22.9 Å². The Morgan fingerprint density at radius 2 is 1.65 bits per heavy atom. The van der Waals surface area contributed by atoms with E-state index in [-0.39, 0.29) is 10.8 Å². The van der Waals surface area contributed by atoms with E-state index in [1.54, 1.807) is 25.5 Å². The first kappa shape index (κ1) is 15.8. The quantitative estimate of drug-likeness (QED) is 0.676. The molecule has 3 rings (SSSR count). The number of hydrogen-bond acceptors (Lipinski definition) is 5. The van der Waals surface area contributed by atoms with Crippen LogP contribution in [0.5, 0.6) is 0 Å². The van der Waals surface area contributed by atoms with Crippen molar-refractivity contribution in [1.29, 1.82) is 0 Å². The van der Waals surface area contributed by atoms with Crippen LogP contribution < -0.4 is 0 Å². The summed E-state index contributed by atoms with van der Waals surface area (Å²) in [5.41, 5.74) is 2.30. The number of benzene rings is 1. The van der Waals surface area contributed by atoms with Crippen LogP contribution in [0.3, 0.4) is 0 Å². The first-order valence-electron chi connectivity index (χ1n) is 6.80. The lowest BCUT2D eigenvalue weighted by Gasteiger charge is -1.98. The maximum atomic E-state index is 12.0. The summed E-state index contributed by atoms with van der Waals surface area (Å²) in [6.07, 6.45) is 0. The zero-order chi connectivity index (χ0) is 16.8. The van der Waals surface area contributed by atoms with E-state index in [1.165, 1.54) is 0 Å². The normalized spacial score (nSPS) is 11.8. The van der Waals surface area contributed by atoms with E-state index in [4.69, 9.17) is 15.1 Å². The summed E-state index contributed by atoms with van der Waals surface area (Å²) < 4.78 is 31.3. The van der Waals surface area contributed by atoms with Crippen molar-refractivity contribution in [3.8, 4) is 22.9 Å². The van der Waals surface area contributed by atoms with E-state index in [1.807, 2.05) is 30.3 Å². The van der Waals surface area contributed by atoms with E-state index in [0.717, 1.165) is 5.56 Å². The molecule has 0 saturated carbocycles. The molecule has 0 spiro atoms. The average molecular weight is 352 g/mol. The summed E-state index contributed by atoms with van der Waals surface area (Å²) in [6, 6.07) is 9.25. The molecule has 23 heavy (non-hydrogen) atoms. The van der Waals surface area contributed by atoms with Crippen LogP contribution in [-0.2, 0) is 16.1 Å². The molecular formula is C15H14ClN3O3S. The van der Waals surface area contributed by atoms with Crippen molar-refractivity contribution in [3.05, 3.63) is 41.7 Å². The summed E-state index contributed by atoms with van der Waals surface area (Å²) in [5, 5.41) is 8.00. The van der Waals surface area contributed by atoms with Gasteiger partial charge >= 0.3 is 0 Å². The highest BCUT2D eigenvalue weighted by atomic mass is 35.7. The molecule has 0 aliphatic heterocycles. The van der Waals surface area contributed by atoms with Crippen LogP contribution in [0.15, 0.2) is 39.6 Å². The lowest BCUT2D eigenvalue weighted by molar-refractivity contribution is 0.580. The van der Waals surface area contributed by atoms with E-state index in [0.29, 0.717) is 22.8 Å². The van der Waals surface area contributed by atoms with Crippen LogP contribution in [-0.4, -0.2) is 23.2 Å². The zero-order valence-corrected chi connectivity index (χ0v) is 14.3. The van der Waals surface area contributed by atoms with Crippen molar-refractivity contribution in [1.82, 2.24) is 14.8 Å². The molecule has 0 aliphatic rings. The van der Waals surface area contributed by atoms with Crippen molar-refractivity contribution in [2.75, 3.05) is 0 Å². The number of rotatable bonds is 3. The molecule has 3 aromatic rings. The predicted molar refractivity (Wildman–Crippen MR) is 86.7 cm³/mol. The van der Waals surface area contributed by atoms with Crippen LogP contribution in [0.4, 0.5) is 0 Å². The summed E-state index contributed by atoms with van der Waals surface area (Å²) in [7, 11) is 3.41. The van der Waals surface area contributed by atoms with E-state index < -0.39 is 9.05 Å². The molecule has 0 radical (unpaired) electrons. The van der Waals surface area contributed by atoms with E-state index in [2.05, 4.69) is 10.2 Å². The number of aromatic nitrogens is 3. The van der Waals surface area contributed by atoms with Gasteiger partial charge in [-0.25, -0.2) is 8.42 Å². The van der Waals surface area contributed by atoms with Gasteiger partial charge in [-0.05, 0) is 26.0 Å². The second-order valence-corrected chi connectivity index (χ2v) is 7.65. The van der Waals surface area contributed by atoms with Crippen molar-refractivity contribution in [2.45, 2.75) is 18.7 Å². The van der Waals surface area contributed by atoms with Gasteiger partial charge in [0.05, 0.1) is 5.56 Å². The third kappa shape index (κ3) is 2.66. The minimum absolute atomic E-state index is 0.00225. The maximum Gasteiger partial charge on any atom is 0.263 e. The summed E-state index contributed by atoms with van der Waals surface area (Å²) in [6.45, 7) is 3.46. The molecule has 0 fully saturated rings. The highest BCUT2D eigenvalue weighted by Gasteiger charge is 2.29. The van der Waals surface area contributed by atoms with Crippen molar-refractivity contribution in [3.63, 3.8) is 0 Å². The largest absolute Gasteiger partial charge is 0.416 e. The van der Waals surface area contributed by atoms with Crippen LogP contribution >= 0.6 is 10.7 Å². The Morgan fingerprint density at radius 3 is 2.26 bits per heavy atom. The van der Waals surface area contributed by atoms with Gasteiger partial charge in [-0.1, -0.05) is 18.2 Å². The summed E-state index contributed by atoms with van der Waals surface area (Å²) in [5.74, 6) is 0.448. The molecule has 2 aromatic heterocycles. The predicted octanol–water partition coefficient (Wildman–Crippen LogP) is 3.29. The van der Waals surface area contributed by atoms with Gasteiger partial charge in [-0.3, -0.25) is 0 Å². The molecule has 0 amide bonds. The Bertz CT molecular complexity index is 975. The van der Waals surface area contributed by atoms with Crippen LogP contribution in [0.2, 0.25) is 0 Å². The lowest BCUT2D eigenvalue weighted by atomic mass is 10.2. The van der Waals surface area contributed by atoms with Gasteiger partial charge < -0.3 is 8.98 Å². The minimum atomic E-state index is -3.95. The van der Waals surface area contributed by atoms with Gasteiger partial charge in [-0.2, -0.15) is 0 Å². The lowest BCUT2D eigenvalue weighted by Crippen LogP contribution is -1.96. The molecule has 0 bridgehead atoms. The smallest absolute Gasteiger partial charge is 0.263 e. The van der Waals surface area contributed by atoms with Gasteiger partial charge in [0.1, 0.15) is 4.90 Å². The van der Waals surface area contributed by atoms with Gasteiger partial charge in [-0.15, -0.1) is 10.2 Å². The highest BCUT2D eigenvalue weighted by Crippen LogP contribution is 2.37. The Morgan fingerprint density at radius 1 is 1.04 bits per heavy atom. The monoisotopic (exact) mass is 351 g/mol. The van der Waals surface area contributed by atoms with E-state index >= 15 is 0 Å². The Kier molecular flexibility index (Phi) is 3.77. The molecule has 120 valence electrons. The van der Waals surface area contributed by atoms with Crippen LogP contribution in [0, 0.1) is 13.8 Å². The first-order valence-corrected chi connectivity index (χ1v) is 9.11. The second kappa shape index (κ2) is 5.50. The summed E-state index contributed by atoms with van der Waals surface area (Å²) in [4.78, 5) is 0.00225. The molecule has 8 heteroatoms. The number of halogens is 1. The molecule has 0 saturated heterocycles. The van der Waals surface area contributed by atoms with Gasteiger partial charge in [0.25, 0.3) is 14.9 Å². The van der Waals surface area contributed by atoms with Crippen LogP contribution in [0.1, 0.15) is 11.4 Å². The highest BCUT2D eigenvalue weighted by molar-refractivity contribution is 8.13. The Labute approximate surface area is 138 Å². The Balaban J connectivity index is 2.21. The summed E-state index contributed by atoms with van der Waals surface area (Å²) >= 11 is 0. The topological polar surface area (TPSA) is 78.0 Å². The van der Waals surface area contributed by atoms with Gasteiger partial charge in [0.2, 0.25) is 5.89 Å². The molecule has 0 N–H and O–H groups in total. The van der Waals surface area contributed by atoms with Crippen molar-refractivity contribution in [2.24, 2.45) is 7.05 Å². The SMILES string of the molecule is Cc1c(-c2nnc(-c3ccccc3)o2)c(S(=O)(=O)Cl)c(C)n1C. The average Bonchev–Trinajstić information content (AvgIpc) is 3.07. The maximum absolute atomic E-state index is 12.0. The second-order valence-electron chi connectivity index (χ2n) is 5.15. The molecule has 0 unspecified atom stereocenters. The molecule has 2 heterocycles. The standard InChI is InChI=1S/C15H14ClN3O3S/c1-9-12(13(23(16,20)21)10(2)19(9)3)15-18-17-14(22-15)11-7-5-4-6-8-11/h4-8H,1-3H3. The fourth-order valence-corrected chi connectivity index (χ4v) is 4.02. The fourth-order valence-electron chi connectivity index (χ4n) is 2.49. The van der Waals surface area contributed by atoms with Gasteiger partial charge in [0.15, 0.2) is 0 Å². The third-order valence-corrected chi connectivity index (χ3v) is 5.28. The molecule has 0 aliphatic carbocycles. The van der Waals surface area contributed by atoms with Crippen molar-refractivity contribution >= 4 is 19.7 Å². The Hall–Kier alpha value is -2.12. The van der Waals surface area contributed by atoms with E-state index in [9.17, 15) is 8.42 Å². The number of nitrogens with zero attached hydrogens (tertiary/aromatic N) is 3. The number of hydrogen-bond donors (Lipinski definition) is 0. The molecule has 0 atom stereocenters. The third-order valence-electron chi connectivity index (χ3n) is 3.83. The van der Waals surface area contributed by atoms with Gasteiger partial charge in [0, 0.05) is 34.7 Å². The molecule has 1 aromatic carbocycles. The fraction of sp³-hybridized carbons (Fsp3) is 0.200.